The van der Waals surface area contributed by atoms with Gasteiger partial charge in [0.15, 0.2) is 5.82 Å². The minimum atomic E-state index is -0.733. The second-order valence-corrected chi connectivity index (χ2v) is 6.39. The molecule has 2 heterocycles. The molecule has 0 saturated carbocycles. The third-order valence-electron chi connectivity index (χ3n) is 3.74. The van der Waals surface area contributed by atoms with E-state index in [-0.39, 0.29) is 5.92 Å². The van der Waals surface area contributed by atoms with Crippen molar-refractivity contribution in [3.05, 3.63) is 46.0 Å². The first-order valence-electron chi connectivity index (χ1n) is 7.11. The summed E-state index contributed by atoms with van der Waals surface area (Å²) in [5, 5.41) is 13.0. The Balaban J connectivity index is 1.59. The predicted octanol–water partition coefficient (Wildman–Crippen LogP) is 2.33. The number of carbonyl (C=O) groups is 1. The van der Waals surface area contributed by atoms with Crippen molar-refractivity contribution >= 4 is 21.9 Å². The van der Waals surface area contributed by atoms with Crippen LogP contribution in [0.2, 0.25) is 0 Å². The van der Waals surface area contributed by atoms with Crippen LogP contribution in [0.1, 0.15) is 23.7 Å². The van der Waals surface area contributed by atoms with Crippen molar-refractivity contribution in [3.8, 4) is 0 Å². The van der Waals surface area contributed by atoms with Crippen molar-refractivity contribution in [2.75, 3.05) is 13.1 Å². The first kappa shape index (κ1) is 15.2. The van der Waals surface area contributed by atoms with Gasteiger partial charge in [-0.1, -0.05) is 33.2 Å². The summed E-state index contributed by atoms with van der Waals surface area (Å²) in [6.45, 7) is 1.80. The van der Waals surface area contributed by atoms with Gasteiger partial charge >= 0.3 is 5.97 Å². The van der Waals surface area contributed by atoms with Crippen molar-refractivity contribution < 1.29 is 14.4 Å². The van der Waals surface area contributed by atoms with Crippen molar-refractivity contribution in [2.24, 2.45) is 5.92 Å². The van der Waals surface area contributed by atoms with E-state index < -0.39 is 5.97 Å². The Morgan fingerprint density at radius 1 is 1.50 bits per heavy atom. The Bertz CT molecular complexity index is 674. The monoisotopic (exact) mass is 365 g/mol. The van der Waals surface area contributed by atoms with Gasteiger partial charge < -0.3 is 9.63 Å². The molecule has 1 aliphatic rings. The van der Waals surface area contributed by atoms with Gasteiger partial charge in [0.1, 0.15) is 0 Å². The van der Waals surface area contributed by atoms with E-state index in [1.807, 2.05) is 29.2 Å². The Morgan fingerprint density at radius 2 is 2.36 bits per heavy atom. The Morgan fingerprint density at radius 3 is 3.09 bits per heavy atom. The molecule has 7 heteroatoms. The van der Waals surface area contributed by atoms with E-state index in [0.717, 1.165) is 16.6 Å². The fourth-order valence-corrected chi connectivity index (χ4v) is 3.07. The number of hydrogen-bond acceptors (Lipinski definition) is 5. The molecule has 22 heavy (non-hydrogen) atoms. The van der Waals surface area contributed by atoms with Crippen molar-refractivity contribution in [2.45, 2.75) is 19.4 Å². The van der Waals surface area contributed by atoms with E-state index in [9.17, 15) is 4.79 Å². The minimum Gasteiger partial charge on any atom is -0.481 e. The van der Waals surface area contributed by atoms with E-state index >= 15 is 0 Å². The van der Waals surface area contributed by atoms with Crippen LogP contribution in [0.5, 0.6) is 0 Å². The highest BCUT2D eigenvalue weighted by Gasteiger charge is 2.28. The predicted molar refractivity (Wildman–Crippen MR) is 82.3 cm³/mol. The summed E-state index contributed by atoms with van der Waals surface area (Å²) in [6, 6.07) is 7.97. The van der Waals surface area contributed by atoms with Crippen LogP contribution in [0.15, 0.2) is 33.3 Å². The summed E-state index contributed by atoms with van der Waals surface area (Å²) < 4.78 is 6.28. The SMILES string of the molecule is O=C(O)C1CCN(Cc2nc(Cc3cccc(Br)c3)no2)C1. The van der Waals surface area contributed by atoms with E-state index in [4.69, 9.17) is 9.63 Å². The third-order valence-corrected chi connectivity index (χ3v) is 4.24. The van der Waals surface area contributed by atoms with Crippen LogP contribution in [-0.4, -0.2) is 39.2 Å². The molecule has 1 saturated heterocycles. The van der Waals surface area contributed by atoms with Crippen LogP contribution in [0.4, 0.5) is 0 Å². The maximum atomic E-state index is 11.0. The van der Waals surface area contributed by atoms with Gasteiger partial charge in [-0.05, 0) is 30.7 Å². The molecule has 0 spiro atoms. The summed E-state index contributed by atoms with van der Waals surface area (Å²) in [5.74, 6) is 0.158. The molecule has 3 rings (SSSR count). The van der Waals surface area contributed by atoms with Gasteiger partial charge in [-0.15, -0.1) is 0 Å². The molecule has 1 aromatic heterocycles. The number of carboxylic acid groups (broad SMARTS) is 1. The first-order valence-corrected chi connectivity index (χ1v) is 7.90. The normalized spacial score (nSPS) is 18.7. The van der Waals surface area contributed by atoms with Gasteiger partial charge in [-0.25, -0.2) is 0 Å². The number of aromatic nitrogens is 2. The summed E-state index contributed by atoms with van der Waals surface area (Å²) in [4.78, 5) is 17.4. The Labute approximate surface area is 136 Å². The highest BCUT2D eigenvalue weighted by atomic mass is 79.9. The molecule has 0 bridgehead atoms. The largest absolute Gasteiger partial charge is 0.481 e. The Hall–Kier alpha value is -1.73. The average molecular weight is 366 g/mol. The Kier molecular flexibility index (Phi) is 4.54. The lowest BCUT2D eigenvalue weighted by Crippen LogP contribution is -2.22. The highest BCUT2D eigenvalue weighted by molar-refractivity contribution is 9.10. The van der Waals surface area contributed by atoms with Crippen LogP contribution in [0.3, 0.4) is 0 Å². The van der Waals surface area contributed by atoms with Gasteiger partial charge in [0, 0.05) is 17.4 Å². The second kappa shape index (κ2) is 6.58. The molecule has 2 aromatic rings. The summed E-state index contributed by atoms with van der Waals surface area (Å²) >= 11 is 3.44. The number of carboxylic acids is 1. The van der Waals surface area contributed by atoms with Crippen molar-refractivity contribution in [1.29, 1.82) is 0 Å². The average Bonchev–Trinajstić information content (AvgIpc) is 3.09. The summed E-state index contributed by atoms with van der Waals surface area (Å²) in [7, 11) is 0. The maximum absolute atomic E-state index is 11.0. The lowest BCUT2D eigenvalue weighted by atomic mass is 10.1. The number of likely N-dealkylation sites (tertiary alicyclic amines) is 1. The van der Waals surface area contributed by atoms with Crippen molar-refractivity contribution in [3.63, 3.8) is 0 Å². The molecule has 0 radical (unpaired) electrons. The van der Waals surface area contributed by atoms with Gasteiger partial charge in [-0.2, -0.15) is 4.98 Å². The summed E-state index contributed by atoms with van der Waals surface area (Å²) in [5.41, 5.74) is 1.11. The van der Waals surface area contributed by atoms with Crippen LogP contribution < -0.4 is 0 Å². The van der Waals surface area contributed by atoms with Gasteiger partial charge in [0.2, 0.25) is 5.89 Å². The van der Waals surface area contributed by atoms with E-state index in [1.165, 1.54) is 0 Å². The lowest BCUT2D eigenvalue weighted by Gasteiger charge is -2.11. The molecule has 1 aliphatic heterocycles. The van der Waals surface area contributed by atoms with E-state index in [0.29, 0.717) is 37.6 Å². The molecule has 116 valence electrons. The molecule has 6 nitrogen and oxygen atoms in total. The number of nitrogens with zero attached hydrogens (tertiary/aromatic N) is 3. The van der Waals surface area contributed by atoms with Gasteiger partial charge in [0.05, 0.1) is 12.5 Å². The van der Waals surface area contributed by atoms with Crippen LogP contribution in [-0.2, 0) is 17.8 Å². The molecule has 1 unspecified atom stereocenters. The fraction of sp³-hybridized carbons (Fsp3) is 0.400. The number of rotatable bonds is 5. The van der Waals surface area contributed by atoms with Crippen molar-refractivity contribution in [1.82, 2.24) is 15.0 Å². The molecule has 1 aromatic carbocycles. The van der Waals surface area contributed by atoms with E-state index in [1.54, 1.807) is 0 Å². The quantitative estimate of drug-likeness (QED) is 0.875. The molecule has 1 atom stereocenters. The lowest BCUT2D eigenvalue weighted by molar-refractivity contribution is -0.141. The topological polar surface area (TPSA) is 79.5 Å². The molecule has 0 aliphatic carbocycles. The zero-order valence-electron chi connectivity index (χ0n) is 11.9. The maximum Gasteiger partial charge on any atom is 0.307 e. The number of halogens is 1. The molecule has 0 amide bonds. The number of hydrogen-bond donors (Lipinski definition) is 1. The molecule has 1 N–H and O–H groups in total. The first-order chi connectivity index (χ1) is 10.6. The zero-order valence-corrected chi connectivity index (χ0v) is 13.5. The molecular weight excluding hydrogens is 350 g/mol. The van der Waals surface area contributed by atoms with Crippen LogP contribution >= 0.6 is 15.9 Å². The number of benzene rings is 1. The zero-order chi connectivity index (χ0) is 15.5. The van der Waals surface area contributed by atoms with Crippen LogP contribution in [0, 0.1) is 5.92 Å². The standard InChI is InChI=1S/C15H16BrN3O3/c16-12-3-1-2-10(6-12)7-13-17-14(22-18-13)9-19-5-4-11(8-19)15(20)21/h1-3,6,11H,4-5,7-9H2,(H,20,21). The molecular formula is C15H16BrN3O3. The molecule has 1 fully saturated rings. The second-order valence-electron chi connectivity index (χ2n) is 5.47. The number of aliphatic carboxylic acids is 1. The van der Waals surface area contributed by atoms with Gasteiger partial charge in [-0.3, -0.25) is 9.69 Å². The highest BCUT2D eigenvalue weighted by Crippen LogP contribution is 2.19. The smallest absolute Gasteiger partial charge is 0.307 e. The van der Waals surface area contributed by atoms with E-state index in [2.05, 4.69) is 26.1 Å². The fourth-order valence-electron chi connectivity index (χ4n) is 2.62. The van der Waals surface area contributed by atoms with Crippen LogP contribution in [0.25, 0.3) is 0 Å². The third kappa shape index (κ3) is 3.72. The minimum absolute atomic E-state index is 0.288. The summed E-state index contributed by atoms with van der Waals surface area (Å²) in [6.07, 6.45) is 1.29. The van der Waals surface area contributed by atoms with Gasteiger partial charge in [0.25, 0.3) is 0 Å².